The van der Waals surface area contributed by atoms with E-state index in [9.17, 15) is 15.8 Å². The van der Waals surface area contributed by atoms with Gasteiger partial charge < -0.3 is 10.6 Å². The molecule has 2 aliphatic carbocycles. The van der Waals surface area contributed by atoms with Crippen molar-refractivity contribution in [3.05, 3.63) is 76.2 Å². The van der Waals surface area contributed by atoms with Gasteiger partial charge in [-0.2, -0.15) is 15.8 Å². The summed E-state index contributed by atoms with van der Waals surface area (Å²) in [5.74, 6) is 0.668. The number of nitriles is 3. The Kier molecular flexibility index (Phi) is 6.59. The number of rotatable bonds is 8. The van der Waals surface area contributed by atoms with Crippen molar-refractivity contribution in [2.75, 3.05) is 17.2 Å². The first-order valence-electron chi connectivity index (χ1n) is 14.4. The predicted octanol–water partition coefficient (Wildman–Crippen LogP) is 6.31. The lowest BCUT2D eigenvalue weighted by atomic mass is 9.94. The molecule has 6 rings (SSSR count). The highest BCUT2D eigenvalue weighted by Gasteiger charge is 2.56. The first kappa shape index (κ1) is 27.2. The number of hydrogen-bond donors (Lipinski definition) is 2. The van der Waals surface area contributed by atoms with Gasteiger partial charge in [0.1, 0.15) is 17.8 Å². The molecule has 2 N–H and O–H groups in total. The van der Waals surface area contributed by atoms with Gasteiger partial charge in [-0.25, -0.2) is 4.68 Å². The summed E-state index contributed by atoms with van der Waals surface area (Å²) in [6.07, 6.45) is 8.27. The van der Waals surface area contributed by atoms with Crippen molar-refractivity contribution in [3.8, 4) is 18.2 Å². The summed E-state index contributed by atoms with van der Waals surface area (Å²) in [4.78, 5) is 4.49. The molecule has 9 heteroatoms. The minimum Gasteiger partial charge on any atom is -0.383 e. The molecule has 0 unspecified atom stereocenters. The Hall–Kier alpha value is -4.94. The van der Waals surface area contributed by atoms with Crippen LogP contribution < -0.4 is 10.6 Å². The Morgan fingerprint density at radius 2 is 1.79 bits per heavy atom. The number of pyridine rings is 1. The van der Waals surface area contributed by atoms with E-state index >= 15 is 0 Å². The fraction of sp³-hybridized carbons (Fsp3) is 0.394. The number of fused-ring (bicyclic) bond motifs is 1. The third-order valence-corrected chi connectivity index (χ3v) is 8.49. The Labute approximate surface area is 245 Å². The Morgan fingerprint density at radius 1 is 1.05 bits per heavy atom. The minimum atomic E-state index is -0.427. The first-order chi connectivity index (χ1) is 20.2. The molecule has 0 spiro atoms. The van der Waals surface area contributed by atoms with E-state index in [-0.39, 0.29) is 11.0 Å². The molecule has 2 heterocycles. The van der Waals surface area contributed by atoms with Crippen LogP contribution in [-0.4, -0.2) is 26.5 Å². The van der Waals surface area contributed by atoms with E-state index in [2.05, 4.69) is 69.6 Å². The van der Waals surface area contributed by atoms with Crippen LogP contribution in [0.5, 0.6) is 0 Å². The predicted molar refractivity (Wildman–Crippen MR) is 160 cm³/mol. The average molecular weight is 556 g/mol. The maximum absolute atomic E-state index is 10.1. The lowest BCUT2D eigenvalue weighted by Gasteiger charge is -2.23. The van der Waals surface area contributed by atoms with E-state index in [1.54, 1.807) is 6.07 Å². The maximum atomic E-state index is 10.1. The van der Waals surface area contributed by atoms with Gasteiger partial charge in [-0.3, -0.25) is 4.98 Å². The monoisotopic (exact) mass is 555 g/mol. The summed E-state index contributed by atoms with van der Waals surface area (Å²) in [6, 6.07) is 15.8. The van der Waals surface area contributed by atoms with Crippen LogP contribution in [0.4, 0.5) is 11.4 Å². The van der Waals surface area contributed by atoms with Crippen molar-refractivity contribution >= 4 is 22.3 Å². The SMILES string of the molecule is Cc1c(C#N)cccc1[C@H](Nc1cc(C#N)c2ncc(C#N)c(NCC(C)(C)C)c2c1)c1cn(C2(C3CC3)CC2)nn1. The van der Waals surface area contributed by atoms with Crippen molar-refractivity contribution in [2.45, 2.75) is 65.0 Å². The lowest BCUT2D eigenvalue weighted by Crippen LogP contribution is -2.20. The van der Waals surface area contributed by atoms with Gasteiger partial charge in [-0.05, 0) is 73.3 Å². The fourth-order valence-electron chi connectivity index (χ4n) is 5.87. The summed E-state index contributed by atoms with van der Waals surface area (Å²) < 4.78 is 2.05. The normalized spacial score (nSPS) is 16.2. The second kappa shape index (κ2) is 10.2. The topological polar surface area (TPSA) is 139 Å². The standard InChI is InChI=1S/C33H33N9/c1-20-21(14-34)6-5-7-26(20)31(28-18-42(41-40-28)33(10-11-33)24-8-9-24)39-25-12-22(15-35)29-27(13-25)30(23(16-36)17-37-29)38-19-32(2,3)4/h5-7,12-13,17-18,24,31,39H,8-11,19H2,1-4H3,(H,37,38)/t31-/m0/s1. The van der Waals surface area contributed by atoms with E-state index in [0.29, 0.717) is 51.4 Å². The second-order valence-corrected chi connectivity index (χ2v) is 12.8. The lowest BCUT2D eigenvalue weighted by molar-refractivity contribution is 0.371. The number of hydrogen-bond acceptors (Lipinski definition) is 8. The van der Waals surface area contributed by atoms with Gasteiger partial charge in [0.25, 0.3) is 0 Å². The molecule has 2 aromatic carbocycles. The van der Waals surface area contributed by atoms with Gasteiger partial charge in [-0.1, -0.05) is 38.1 Å². The van der Waals surface area contributed by atoms with Crippen LogP contribution in [0.25, 0.3) is 10.9 Å². The Morgan fingerprint density at radius 3 is 2.43 bits per heavy atom. The highest BCUT2D eigenvalue weighted by atomic mass is 15.5. The number of aromatic nitrogens is 4. The molecule has 42 heavy (non-hydrogen) atoms. The van der Waals surface area contributed by atoms with Crippen molar-refractivity contribution in [1.29, 1.82) is 15.8 Å². The first-order valence-corrected chi connectivity index (χ1v) is 14.4. The van der Waals surface area contributed by atoms with Crippen LogP contribution in [0.1, 0.15) is 86.0 Å². The highest BCUT2D eigenvalue weighted by molar-refractivity contribution is 5.99. The molecule has 4 aromatic rings. The van der Waals surface area contributed by atoms with Crippen LogP contribution in [-0.2, 0) is 5.54 Å². The maximum Gasteiger partial charge on any atom is 0.110 e. The van der Waals surface area contributed by atoms with E-state index in [4.69, 9.17) is 0 Å². The smallest absolute Gasteiger partial charge is 0.110 e. The van der Waals surface area contributed by atoms with Gasteiger partial charge in [0.2, 0.25) is 0 Å². The highest BCUT2D eigenvalue weighted by Crippen LogP contribution is 2.59. The molecule has 9 nitrogen and oxygen atoms in total. The van der Waals surface area contributed by atoms with Crippen molar-refractivity contribution in [3.63, 3.8) is 0 Å². The second-order valence-electron chi connectivity index (χ2n) is 12.8. The Balaban J connectivity index is 1.47. The van der Waals surface area contributed by atoms with Crippen molar-refractivity contribution in [2.24, 2.45) is 11.3 Å². The number of nitrogens with one attached hydrogen (secondary N) is 2. The zero-order valence-electron chi connectivity index (χ0n) is 24.4. The fourth-order valence-corrected chi connectivity index (χ4v) is 5.87. The largest absolute Gasteiger partial charge is 0.383 e. The summed E-state index contributed by atoms with van der Waals surface area (Å²) in [5, 5.41) is 46.8. The molecule has 210 valence electrons. The van der Waals surface area contributed by atoms with E-state index in [1.807, 2.05) is 37.4 Å². The van der Waals surface area contributed by atoms with E-state index < -0.39 is 6.04 Å². The van der Waals surface area contributed by atoms with Crippen LogP contribution in [0.15, 0.2) is 42.7 Å². The number of anilines is 2. The zero-order valence-corrected chi connectivity index (χ0v) is 24.4. The number of nitrogens with zero attached hydrogens (tertiary/aromatic N) is 7. The van der Waals surface area contributed by atoms with Gasteiger partial charge in [-0.15, -0.1) is 5.10 Å². The molecule has 2 fully saturated rings. The van der Waals surface area contributed by atoms with Gasteiger partial charge in [0.05, 0.1) is 51.7 Å². The average Bonchev–Trinajstić information content (AvgIpc) is 3.91. The van der Waals surface area contributed by atoms with Gasteiger partial charge in [0, 0.05) is 23.8 Å². The molecular weight excluding hydrogens is 522 g/mol. The van der Waals surface area contributed by atoms with Crippen LogP contribution >= 0.6 is 0 Å². The van der Waals surface area contributed by atoms with Gasteiger partial charge >= 0.3 is 0 Å². The molecule has 2 saturated carbocycles. The van der Waals surface area contributed by atoms with Crippen molar-refractivity contribution in [1.82, 2.24) is 20.0 Å². The molecule has 0 saturated heterocycles. The van der Waals surface area contributed by atoms with Crippen LogP contribution in [0.3, 0.4) is 0 Å². The minimum absolute atomic E-state index is 0.0319. The molecule has 0 amide bonds. The van der Waals surface area contributed by atoms with Crippen molar-refractivity contribution < 1.29 is 0 Å². The number of benzene rings is 2. The van der Waals surface area contributed by atoms with E-state index in [1.165, 1.54) is 19.0 Å². The quantitative estimate of drug-likeness (QED) is 0.258. The third kappa shape index (κ3) is 4.91. The summed E-state index contributed by atoms with van der Waals surface area (Å²) in [5.41, 5.74) is 5.84. The zero-order chi connectivity index (χ0) is 29.6. The third-order valence-electron chi connectivity index (χ3n) is 8.49. The molecular formula is C33H33N9. The molecule has 0 aliphatic heterocycles. The molecule has 0 bridgehead atoms. The molecule has 0 radical (unpaired) electrons. The van der Waals surface area contributed by atoms with Gasteiger partial charge in [0.15, 0.2) is 0 Å². The van der Waals surface area contributed by atoms with Crippen LogP contribution in [0, 0.1) is 52.2 Å². The molecule has 2 aromatic heterocycles. The summed E-state index contributed by atoms with van der Waals surface area (Å²) >= 11 is 0. The Bertz CT molecular complexity index is 1820. The summed E-state index contributed by atoms with van der Waals surface area (Å²) in [7, 11) is 0. The summed E-state index contributed by atoms with van der Waals surface area (Å²) in [6.45, 7) is 8.93. The molecule has 1 atom stereocenters. The van der Waals surface area contributed by atoms with Crippen LogP contribution in [0.2, 0.25) is 0 Å². The van der Waals surface area contributed by atoms with E-state index in [0.717, 1.165) is 29.7 Å². The molecule has 2 aliphatic rings.